The molecule has 0 radical (unpaired) electrons. The zero-order chi connectivity index (χ0) is 7.98. The first-order valence-corrected chi connectivity index (χ1v) is 2.98. The highest BCUT2D eigenvalue weighted by Gasteiger charge is 2.13. The molecule has 0 amide bonds. The largest absolute Gasteiger partial charge is 0.481 e. The fourth-order valence-corrected chi connectivity index (χ4v) is 0.529. The molecule has 0 spiro atoms. The molecule has 0 bridgehead atoms. The number of rotatable bonds is 4. The van der Waals surface area contributed by atoms with Crippen LogP contribution >= 0.6 is 0 Å². The summed E-state index contributed by atoms with van der Waals surface area (Å²) in [5, 5.41) is 8.41. The summed E-state index contributed by atoms with van der Waals surface area (Å²) in [6.45, 7) is 1.77. The summed E-state index contributed by atoms with van der Waals surface area (Å²) >= 11 is 0. The summed E-state index contributed by atoms with van der Waals surface area (Å²) in [7, 11) is 0. The number of nitrogens with zero attached hydrogens (tertiary/aromatic N) is 1. The minimum Gasteiger partial charge on any atom is -0.481 e. The number of isocyanates is 1. The lowest BCUT2D eigenvalue weighted by molar-refractivity contribution is -0.141. The maximum atomic E-state index is 10.2. The van der Waals surface area contributed by atoms with Crippen LogP contribution in [0.2, 0.25) is 0 Å². The monoisotopic (exact) mass is 143 g/mol. The van der Waals surface area contributed by atoms with Gasteiger partial charge in [-0.05, 0) is 6.42 Å². The van der Waals surface area contributed by atoms with E-state index in [0.29, 0.717) is 6.42 Å². The zero-order valence-electron chi connectivity index (χ0n) is 5.70. The van der Waals surface area contributed by atoms with Crippen molar-refractivity contribution in [2.24, 2.45) is 10.9 Å². The Balaban J connectivity index is 3.82. The van der Waals surface area contributed by atoms with Crippen LogP contribution in [-0.4, -0.2) is 23.7 Å². The predicted octanol–water partition coefficient (Wildman–Crippen LogP) is 0.433. The normalized spacial score (nSPS) is 11.7. The lowest BCUT2D eigenvalue weighted by Gasteiger charge is -2.02. The second kappa shape index (κ2) is 4.70. The molecule has 4 heteroatoms. The highest BCUT2D eigenvalue weighted by molar-refractivity contribution is 5.70. The Kier molecular flexibility index (Phi) is 4.16. The van der Waals surface area contributed by atoms with E-state index in [9.17, 15) is 9.59 Å². The summed E-state index contributed by atoms with van der Waals surface area (Å²) in [6.07, 6.45) is 1.79. The van der Waals surface area contributed by atoms with Crippen LogP contribution in [0.15, 0.2) is 4.99 Å². The molecule has 0 heterocycles. The molecule has 1 unspecified atom stereocenters. The molecule has 0 aromatic rings. The van der Waals surface area contributed by atoms with E-state index in [-0.39, 0.29) is 6.54 Å². The van der Waals surface area contributed by atoms with E-state index in [0.717, 1.165) is 0 Å². The molecule has 0 rings (SSSR count). The third-order valence-electron chi connectivity index (χ3n) is 1.22. The number of aliphatic carboxylic acids is 1. The molecule has 56 valence electrons. The van der Waals surface area contributed by atoms with Gasteiger partial charge in [0, 0.05) is 0 Å². The van der Waals surface area contributed by atoms with Crippen LogP contribution < -0.4 is 0 Å². The molecular formula is C6H9NO3. The summed E-state index contributed by atoms with van der Waals surface area (Å²) in [5.41, 5.74) is 0. The van der Waals surface area contributed by atoms with Gasteiger partial charge in [-0.2, -0.15) is 0 Å². The summed E-state index contributed by atoms with van der Waals surface area (Å²) in [6, 6.07) is 0. The van der Waals surface area contributed by atoms with E-state index in [1.807, 2.05) is 0 Å². The second-order valence-corrected chi connectivity index (χ2v) is 1.88. The van der Waals surface area contributed by atoms with Crippen molar-refractivity contribution in [3.63, 3.8) is 0 Å². The quantitative estimate of drug-likeness (QED) is 0.458. The Morgan fingerprint density at radius 1 is 1.80 bits per heavy atom. The van der Waals surface area contributed by atoms with Crippen LogP contribution in [0, 0.1) is 5.92 Å². The van der Waals surface area contributed by atoms with E-state index in [1.54, 1.807) is 6.92 Å². The molecule has 0 aromatic carbocycles. The van der Waals surface area contributed by atoms with Crippen LogP contribution in [0.25, 0.3) is 0 Å². The summed E-state index contributed by atoms with van der Waals surface area (Å²) in [5.74, 6) is -1.46. The van der Waals surface area contributed by atoms with Gasteiger partial charge in [-0.25, -0.2) is 9.79 Å². The van der Waals surface area contributed by atoms with Crippen molar-refractivity contribution >= 4 is 12.0 Å². The number of carboxylic acid groups (broad SMARTS) is 1. The fraction of sp³-hybridized carbons (Fsp3) is 0.667. The van der Waals surface area contributed by atoms with Crippen molar-refractivity contribution in [1.29, 1.82) is 0 Å². The van der Waals surface area contributed by atoms with Crippen molar-refractivity contribution < 1.29 is 14.7 Å². The van der Waals surface area contributed by atoms with Crippen molar-refractivity contribution in [1.82, 2.24) is 0 Å². The highest BCUT2D eigenvalue weighted by atomic mass is 16.4. The number of carbonyl (C=O) groups is 1. The van der Waals surface area contributed by atoms with Gasteiger partial charge in [-0.15, -0.1) is 0 Å². The predicted molar refractivity (Wildman–Crippen MR) is 34.4 cm³/mol. The van der Waals surface area contributed by atoms with Crippen molar-refractivity contribution in [3.05, 3.63) is 0 Å². The van der Waals surface area contributed by atoms with Gasteiger partial charge in [0.1, 0.15) is 0 Å². The standard InChI is InChI=1S/C6H9NO3/c1-2-5(6(9)10)3-7-4-8/h5H,2-3H2,1H3,(H,9,10). The first-order chi connectivity index (χ1) is 4.72. The minimum atomic E-state index is -0.915. The van der Waals surface area contributed by atoms with Gasteiger partial charge in [0.05, 0.1) is 12.5 Å². The molecule has 0 aromatic heterocycles. The van der Waals surface area contributed by atoms with Gasteiger partial charge in [-0.3, -0.25) is 4.79 Å². The van der Waals surface area contributed by atoms with Crippen LogP contribution in [0.3, 0.4) is 0 Å². The molecule has 0 aliphatic heterocycles. The van der Waals surface area contributed by atoms with Gasteiger partial charge in [-0.1, -0.05) is 6.92 Å². The number of aliphatic imine (C=N–C) groups is 1. The number of hydrogen-bond donors (Lipinski definition) is 1. The maximum absolute atomic E-state index is 10.2. The SMILES string of the molecule is CCC(CN=C=O)C(=O)O. The first kappa shape index (κ1) is 8.85. The molecule has 0 aliphatic rings. The zero-order valence-corrected chi connectivity index (χ0v) is 5.70. The number of carbonyl (C=O) groups excluding carboxylic acids is 1. The Morgan fingerprint density at radius 3 is 2.70 bits per heavy atom. The van der Waals surface area contributed by atoms with E-state index in [2.05, 4.69) is 4.99 Å². The molecular weight excluding hydrogens is 134 g/mol. The third kappa shape index (κ3) is 2.99. The van der Waals surface area contributed by atoms with Gasteiger partial charge in [0.25, 0.3) is 0 Å². The summed E-state index contributed by atoms with van der Waals surface area (Å²) < 4.78 is 0. The van der Waals surface area contributed by atoms with Crippen LogP contribution in [-0.2, 0) is 9.59 Å². The van der Waals surface area contributed by atoms with E-state index < -0.39 is 11.9 Å². The molecule has 0 aliphatic carbocycles. The molecule has 1 N–H and O–H groups in total. The Morgan fingerprint density at radius 2 is 2.40 bits per heavy atom. The van der Waals surface area contributed by atoms with Crippen molar-refractivity contribution in [2.75, 3.05) is 6.54 Å². The lowest BCUT2D eigenvalue weighted by Crippen LogP contribution is -2.15. The van der Waals surface area contributed by atoms with E-state index in [4.69, 9.17) is 5.11 Å². The average molecular weight is 143 g/mol. The maximum Gasteiger partial charge on any atom is 0.308 e. The Labute approximate surface area is 58.6 Å². The van der Waals surface area contributed by atoms with Crippen molar-refractivity contribution in [3.8, 4) is 0 Å². The smallest absolute Gasteiger partial charge is 0.308 e. The molecule has 10 heavy (non-hydrogen) atoms. The lowest BCUT2D eigenvalue weighted by atomic mass is 10.1. The minimum absolute atomic E-state index is 0.0370. The molecule has 0 fully saturated rings. The van der Waals surface area contributed by atoms with E-state index >= 15 is 0 Å². The second-order valence-electron chi connectivity index (χ2n) is 1.88. The highest BCUT2D eigenvalue weighted by Crippen LogP contribution is 2.01. The van der Waals surface area contributed by atoms with Crippen LogP contribution in [0.5, 0.6) is 0 Å². The molecule has 0 saturated heterocycles. The Bertz CT molecular complexity index is 160. The number of carboxylic acids is 1. The van der Waals surface area contributed by atoms with Gasteiger partial charge in [0.2, 0.25) is 6.08 Å². The third-order valence-corrected chi connectivity index (χ3v) is 1.22. The van der Waals surface area contributed by atoms with Crippen LogP contribution in [0.1, 0.15) is 13.3 Å². The average Bonchev–Trinajstić information content (AvgIpc) is 1.89. The van der Waals surface area contributed by atoms with Gasteiger partial charge in [0.15, 0.2) is 0 Å². The Hall–Kier alpha value is -1.15. The number of hydrogen-bond acceptors (Lipinski definition) is 3. The van der Waals surface area contributed by atoms with Gasteiger partial charge < -0.3 is 5.11 Å². The van der Waals surface area contributed by atoms with Crippen molar-refractivity contribution in [2.45, 2.75) is 13.3 Å². The molecule has 0 saturated carbocycles. The fourth-order valence-electron chi connectivity index (χ4n) is 0.529. The van der Waals surface area contributed by atoms with E-state index in [1.165, 1.54) is 6.08 Å². The molecule has 1 atom stereocenters. The van der Waals surface area contributed by atoms with Crippen LogP contribution in [0.4, 0.5) is 0 Å². The first-order valence-electron chi connectivity index (χ1n) is 2.98. The topological polar surface area (TPSA) is 66.7 Å². The summed E-state index contributed by atoms with van der Waals surface area (Å²) in [4.78, 5) is 23.0. The molecule has 4 nitrogen and oxygen atoms in total. The van der Waals surface area contributed by atoms with Gasteiger partial charge >= 0.3 is 5.97 Å².